The monoisotopic (exact) mass is 284 g/mol. The summed E-state index contributed by atoms with van der Waals surface area (Å²) < 4.78 is 5.40. The smallest absolute Gasteiger partial charge is 0.315 e. The van der Waals surface area contributed by atoms with E-state index in [1.165, 1.54) is 38.5 Å². The number of aliphatic hydroxyl groups excluding tert-OH is 1. The van der Waals surface area contributed by atoms with Crippen molar-refractivity contribution in [3.8, 4) is 0 Å². The number of amides is 2. The molecule has 2 aliphatic carbocycles. The van der Waals surface area contributed by atoms with Gasteiger partial charge in [-0.15, -0.1) is 0 Å². The third-order valence-corrected chi connectivity index (χ3v) is 4.05. The van der Waals surface area contributed by atoms with Crippen molar-refractivity contribution in [3.05, 3.63) is 0 Å². The zero-order valence-corrected chi connectivity index (χ0v) is 12.3. The minimum Gasteiger partial charge on any atom is -0.389 e. The summed E-state index contributed by atoms with van der Waals surface area (Å²) in [4.78, 5) is 11.7. The number of carbonyl (C=O) groups is 1. The van der Waals surface area contributed by atoms with Crippen LogP contribution < -0.4 is 10.6 Å². The van der Waals surface area contributed by atoms with Crippen LogP contribution in [0.15, 0.2) is 0 Å². The van der Waals surface area contributed by atoms with Gasteiger partial charge in [-0.05, 0) is 31.6 Å². The Morgan fingerprint density at radius 2 is 1.85 bits per heavy atom. The molecule has 3 N–H and O–H groups in total. The summed E-state index contributed by atoms with van der Waals surface area (Å²) in [7, 11) is 0. The van der Waals surface area contributed by atoms with Crippen molar-refractivity contribution >= 4 is 6.03 Å². The lowest BCUT2D eigenvalue weighted by molar-refractivity contribution is 0.0337. The van der Waals surface area contributed by atoms with Crippen LogP contribution in [0.25, 0.3) is 0 Å². The van der Waals surface area contributed by atoms with Crippen molar-refractivity contribution in [2.24, 2.45) is 5.92 Å². The fourth-order valence-electron chi connectivity index (χ4n) is 2.58. The molecular weight excluding hydrogens is 256 g/mol. The Morgan fingerprint density at radius 1 is 1.15 bits per heavy atom. The van der Waals surface area contributed by atoms with E-state index in [-0.39, 0.29) is 12.6 Å². The minimum absolute atomic E-state index is 0.168. The number of carbonyl (C=O) groups excluding carboxylic acids is 1. The first kappa shape index (κ1) is 15.6. The number of aliphatic hydroxyl groups is 1. The second-order valence-electron chi connectivity index (χ2n) is 6.18. The predicted molar refractivity (Wildman–Crippen MR) is 77.6 cm³/mol. The van der Waals surface area contributed by atoms with E-state index in [0.29, 0.717) is 18.6 Å². The first-order chi connectivity index (χ1) is 9.74. The van der Waals surface area contributed by atoms with Gasteiger partial charge in [0, 0.05) is 19.2 Å². The molecule has 0 aromatic rings. The zero-order chi connectivity index (χ0) is 14.2. The van der Waals surface area contributed by atoms with Crippen molar-refractivity contribution in [3.63, 3.8) is 0 Å². The molecule has 5 nitrogen and oxygen atoms in total. The zero-order valence-electron chi connectivity index (χ0n) is 12.3. The van der Waals surface area contributed by atoms with E-state index in [2.05, 4.69) is 10.6 Å². The van der Waals surface area contributed by atoms with E-state index in [4.69, 9.17) is 4.74 Å². The summed E-state index contributed by atoms with van der Waals surface area (Å²) in [5.41, 5.74) is 0. The number of urea groups is 1. The molecule has 2 fully saturated rings. The second-order valence-corrected chi connectivity index (χ2v) is 6.18. The molecule has 0 saturated heterocycles. The van der Waals surface area contributed by atoms with Gasteiger partial charge in [0.15, 0.2) is 0 Å². The third-order valence-electron chi connectivity index (χ3n) is 4.05. The number of hydrogen-bond acceptors (Lipinski definition) is 3. The van der Waals surface area contributed by atoms with Gasteiger partial charge in [0.05, 0.1) is 12.7 Å². The Labute approximate surface area is 121 Å². The van der Waals surface area contributed by atoms with Gasteiger partial charge in [0.1, 0.15) is 0 Å². The van der Waals surface area contributed by atoms with Crippen LogP contribution in [0.3, 0.4) is 0 Å². The van der Waals surface area contributed by atoms with Gasteiger partial charge >= 0.3 is 6.03 Å². The lowest BCUT2D eigenvalue weighted by atomic mass is 10.1. The molecule has 0 aromatic carbocycles. The Bertz CT molecular complexity index is 287. The summed E-state index contributed by atoms with van der Waals surface area (Å²) in [5.74, 6) is 0.702. The second kappa shape index (κ2) is 8.47. The van der Waals surface area contributed by atoms with Crippen LogP contribution in [0, 0.1) is 5.92 Å². The summed E-state index contributed by atoms with van der Waals surface area (Å²) in [6, 6.07) is 0.124. The van der Waals surface area contributed by atoms with E-state index in [1.54, 1.807) is 0 Å². The molecule has 0 unspecified atom stereocenters. The van der Waals surface area contributed by atoms with Gasteiger partial charge in [-0.3, -0.25) is 0 Å². The molecule has 5 heteroatoms. The maximum absolute atomic E-state index is 11.7. The van der Waals surface area contributed by atoms with E-state index in [1.807, 2.05) is 0 Å². The van der Waals surface area contributed by atoms with Crippen LogP contribution >= 0.6 is 0 Å². The van der Waals surface area contributed by atoms with Gasteiger partial charge in [0.25, 0.3) is 0 Å². The molecule has 20 heavy (non-hydrogen) atoms. The van der Waals surface area contributed by atoms with Crippen LogP contribution in [0.1, 0.15) is 51.4 Å². The van der Waals surface area contributed by atoms with Crippen LogP contribution in [0.4, 0.5) is 4.79 Å². The minimum atomic E-state index is -0.617. The predicted octanol–water partition coefficient (Wildman–Crippen LogP) is 1.80. The maximum Gasteiger partial charge on any atom is 0.315 e. The van der Waals surface area contributed by atoms with Gasteiger partial charge < -0.3 is 20.5 Å². The van der Waals surface area contributed by atoms with Crippen LogP contribution in [-0.4, -0.2) is 43.0 Å². The van der Waals surface area contributed by atoms with Gasteiger partial charge in [-0.25, -0.2) is 4.79 Å². The topological polar surface area (TPSA) is 70.6 Å². The van der Waals surface area contributed by atoms with Crippen molar-refractivity contribution in [1.82, 2.24) is 10.6 Å². The molecule has 0 heterocycles. The van der Waals surface area contributed by atoms with Crippen molar-refractivity contribution in [2.75, 3.05) is 19.8 Å². The summed E-state index contributed by atoms with van der Waals surface area (Å²) >= 11 is 0. The van der Waals surface area contributed by atoms with Crippen LogP contribution in [-0.2, 0) is 4.74 Å². The lowest BCUT2D eigenvalue weighted by Crippen LogP contribution is -2.45. The fraction of sp³-hybridized carbons (Fsp3) is 0.933. The van der Waals surface area contributed by atoms with Crippen LogP contribution in [0.2, 0.25) is 0 Å². The first-order valence-corrected chi connectivity index (χ1v) is 8.04. The molecule has 0 aromatic heterocycles. The van der Waals surface area contributed by atoms with E-state index < -0.39 is 6.10 Å². The van der Waals surface area contributed by atoms with Crippen molar-refractivity contribution in [2.45, 2.75) is 63.5 Å². The quantitative estimate of drug-likeness (QED) is 0.624. The highest BCUT2D eigenvalue weighted by atomic mass is 16.5. The number of nitrogens with one attached hydrogen (secondary N) is 2. The summed E-state index contributed by atoms with van der Waals surface area (Å²) in [6.07, 6.45) is 8.96. The van der Waals surface area contributed by atoms with E-state index in [9.17, 15) is 9.90 Å². The van der Waals surface area contributed by atoms with Gasteiger partial charge in [-0.1, -0.05) is 25.7 Å². The maximum atomic E-state index is 11.7. The summed E-state index contributed by atoms with van der Waals surface area (Å²) in [5, 5.41) is 15.4. The molecule has 116 valence electrons. The van der Waals surface area contributed by atoms with E-state index in [0.717, 1.165) is 19.4 Å². The number of hydrogen-bond donors (Lipinski definition) is 3. The highest BCUT2D eigenvalue weighted by Crippen LogP contribution is 2.28. The average molecular weight is 284 g/mol. The van der Waals surface area contributed by atoms with Gasteiger partial charge in [0.2, 0.25) is 0 Å². The Morgan fingerprint density at radius 3 is 2.50 bits per heavy atom. The Balaban J connectivity index is 1.51. The molecule has 0 aliphatic heterocycles. The van der Waals surface area contributed by atoms with Gasteiger partial charge in [-0.2, -0.15) is 0 Å². The molecule has 2 rings (SSSR count). The average Bonchev–Trinajstić information content (AvgIpc) is 3.24. The molecule has 2 saturated carbocycles. The third kappa shape index (κ3) is 6.57. The highest BCUT2D eigenvalue weighted by molar-refractivity contribution is 5.74. The van der Waals surface area contributed by atoms with Crippen LogP contribution in [0.5, 0.6) is 0 Å². The number of ether oxygens (including phenoxy) is 1. The first-order valence-electron chi connectivity index (χ1n) is 8.04. The molecule has 1 atom stereocenters. The Hall–Kier alpha value is -0.810. The molecule has 0 spiro atoms. The standard InChI is InChI=1S/C15H28N2O3/c18-14(11-20-10-12-7-8-12)9-16-15(19)17-13-5-3-1-2-4-6-13/h12-14,18H,1-11H2,(H2,16,17,19)/t14-/m1/s1. The molecule has 0 radical (unpaired) electrons. The van der Waals surface area contributed by atoms with E-state index >= 15 is 0 Å². The molecular formula is C15H28N2O3. The SMILES string of the molecule is O=C(NC[C@@H](O)COCC1CC1)NC1CCCCCC1. The van der Waals surface area contributed by atoms with Crippen molar-refractivity contribution < 1.29 is 14.6 Å². The molecule has 0 bridgehead atoms. The lowest BCUT2D eigenvalue weighted by Gasteiger charge is -2.18. The fourth-order valence-corrected chi connectivity index (χ4v) is 2.58. The highest BCUT2D eigenvalue weighted by Gasteiger charge is 2.21. The van der Waals surface area contributed by atoms with Crippen molar-refractivity contribution in [1.29, 1.82) is 0 Å². The molecule has 2 aliphatic rings. The Kier molecular flexibility index (Phi) is 6.60. The number of rotatable bonds is 7. The largest absolute Gasteiger partial charge is 0.389 e. The summed E-state index contributed by atoms with van der Waals surface area (Å²) in [6.45, 7) is 1.30. The molecule has 2 amide bonds. The normalized spacial score (nSPS) is 22.1.